The summed E-state index contributed by atoms with van der Waals surface area (Å²) in [5.41, 5.74) is 0.875. The van der Waals surface area contributed by atoms with Crippen molar-refractivity contribution < 1.29 is 9.53 Å². The number of halogens is 1. The molecule has 25 heavy (non-hydrogen) atoms. The van der Waals surface area contributed by atoms with Gasteiger partial charge in [0.2, 0.25) is 5.91 Å². The Morgan fingerprint density at radius 2 is 2.08 bits per heavy atom. The van der Waals surface area contributed by atoms with Gasteiger partial charge in [-0.3, -0.25) is 9.79 Å². The summed E-state index contributed by atoms with van der Waals surface area (Å²) in [5.74, 6) is 1.22. The lowest BCUT2D eigenvalue weighted by atomic mass is 10.3. The number of carbonyl (C=O) groups excluding carboxylic acids is 1. The smallest absolute Gasteiger partial charge is 0.227 e. The fourth-order valence-corrected chi connectivity index (χ4v) is 1.96. The van der Waals surface area contributed by atoms with Gasteiger partial charge in [-0.15, -0.1) is 24.0 Å². The lowest BCUT2D eigenvalue weighted by Gasteiger charge is -2.11. The van der Waals surface area contributed by atoms with E-state index in [-0.39, 0.29) is 29.9 Å². The number of hydrogen-bond acceptors (Lipinski definition) is 4. The van der Waals surface area contributed by atoms with Gasteiger partial charge in [0.05, 0.1) is 0 Å². The van der Waals surface area contributed by atoms with E-state index in [1.807, 2.05) is 32.9 Å². The molecule has 0 saturated heterocycles. The Bertz CT molecular complexity index is 526. The molecule has 0 aliphatic rings. The summed E-state index contributed by atoms with van der Waals surface area (Å²) in [6.45, 7) is 9.29. The molecule has 7 nitrogen and oxygen atoms in total. The van der Waals surface area contributed by atoms with Crippen LogP contribution in [0.4, 0.5) is 5.82 Å². The first kappa shape index (κ1) is 23.6. The molecule has 0 saturated carbocycles. The second-order valence-electron chi connectivity index (χ2n) is 5.20. The van der Waals surface area contributed by atoms with Crippen LogP contribution in [-0.2, 0) is 9.53 Å². The number of nitrogens with zero attached hydrogens (tertiary/aromatic N) is 2. The summed E-state index contributed by atoms with van der Waals surface area (Å²) in [6.07, 6.45) is 1.23. The van der Waals surface area contributed by atoms with Crippen LogP contribution in [0.1, 0.15) is 32.4 Å². The summed E-state index contributed by atoms with van der Waals surface area (Å²) in [6, 6.07) is 5.54. The van der Waals surface area contributed by atoms with E-state index in [4.69, 9.17) is 4.74 Å². The first-order chi connectivity index (χ1) is 11.7. The number of rotatable bonds is 10. The summed E-state index contributed by atoms with van der Waals surface area (Å²) in [5, 5.41) is 9.10. The quantitative estimate of drug-likeness (QED) is 0.215. The third kappa shape index (κ3) is 11.7. The van der Waals surface area contributed by atoms with Crippen molar-refractivity contribution in [3.8, 4) is 0 Å². The number of hydrogen-bond donors (Lipinski definition) is 3. The SMILES string of the molecule is CCNC(=NCCCOCC)NCCC(=O)Nc1cccc(C)n1.I. The van der Waals surface area contributed by atoms with Gasteiger partial charge < -0.3 is 20.7 Å². The Balaban J connectivity index is 0.00000576. The maximum absolute atomic E-state index is 11.9. The van der Waals surface area contributed by atoms with Gasteiger partial charge in [0.25, 0.3) is 0 Å². The molecule has 0 aliphatic heterocycles. The number of pyridine rings is 1. The van der Waals surface area contributed by atoms with E-state index in [1.54, 1.807) is 6.07 Å². The number of nitrogens with one attached hydrogen (secondary N) is 3. The van der Waals surface area contributed by atoms with Crippen molar-refractivity contribution in [3.63, 3.8) is 0 Å². The second-order valence-corrected chi connectivity index (χ2v) is 5.20. The first-order valence-corrected chi connectivity index (χ1v) is 8.49. The van der Waals surface area contributed by atoms with Crippen LogP contribution in [0.25, 0.3) is 0 Å². The van der Waals surface area contributed by atoms with E-state index in [0.717, 1.165) is 31.2 Å². The van der Waals surface area contributed by atoms with Crippen molar-refractivity contribution in [2.24, 2.45) is 4.99 Å². The van der Waals surface area contributed by atoms with Crippen molar-refractivity contribution in [3.05, 3.63) is 23.9 Å². The minimum absolute atomic E-state index is 0. The van der Waals surface area contributed by atoms with Crippen LogP contribution in [0, 0.1) is 6.92 Å². The van der Waals surface area contributed by atoms with E-state index in [2.05, 4.69) is 25.9 Å². The van der Waals surface area contributed by atoms with Crippen LogP contribution in [0.15, 0.2) is 23.2 Å². The fourth-order valence-electron chi connectivity index (χ4n) is 1.96. The predicted molar refractivity (Wildman–Crippen MR) is 113 cm³/mol. The Kier molecular flexibility index (Phi) is 14.0. The van der Waals surface area contributed by atoms with Crippen LogP contribution < -0.4 is 16.0 Å². The normalized spacial score (nSPS) is 10.8. The highest BCUT2D eigenvalue weighted by Crippen LogP contribution is 2.03. The molecule has 1 rings (SSSR count). The highest BCUT2D eigenvalue weighted by molar-refractivity contribution is 14.0. The highest BCUT2D eigenvalue weighted by atomic mass is 127. The molecule has 1 amide bonds. The summed E-state index contributed by atoms with van der Waals surface area (Å²) in [7, 11) is 0. The average molecular weight is 463 g/mol. The number of amides is 1. The summed E-state index contributed by atoms with van der Waals surface area (Å²) >= 11 is 0. The second kappa shape index (κ2) is 14.9. The van der Waals surface area contributed by atoms with E-state index in [1.165, 1.54) is 0 Å². The standard InChI is InChI=1S/C17H29N5O2.HI/c1-4-18-17(19-11-7-13-24-5-2)20-12-10-16(23)22-15-9-6-8-14(3)21-15;/h6,8-9H,4-5,7,10-13H2,1-3H3,(H2,18,19,20)(H,21,22,23);1H. The fraction of sp³-hybridized carbons (Fsp3) is 0.588. The molecule has 0 aromatic carbocycles. The lowest BCUT2D eigenvalue weighted by Crippen LogP contribution is -2.38. The third-order valence-electron chi connectivity index (χ3n) is 3.07. The van der Waals surface area contributed by atoms with Gasteiger partial charge in [-0.2, -0.15) is 0 Å². The molecule has 0 unspecified atom stereocenters. The van der Waals surface area contributed by atoms with Crippen molar-refractivity contribution in [2.75, 3.05) is 38.2 Å². The molecular weight excluding hydrogens is 433 g/mol. The molecule has 8 heteroatoms. The van der Waals surface area contributed by atoms with Crippen molar-refractivity contribution in [1.82, 2.24) is 15.6 Å². The predicted octanol–water partition coefficient (Wildman–Crippen LogP) is 2.32. The molecule has 0 fully saturated rings. The number of aromatic nitrogens is 1. The Morgan fingerprint density at radius 1 is 1.28 bits per heavy atom. The highest BCUT2D eigenvalue weighted by Gasteiger charge is 2.04. The van der Waals surface area contributed by atoms with Crippen LogP contribution in [0.3, 0.4) is 0 Å². The molecular formula is C17H30IN5O2. The molecule has 1 aromatic heterocycles. The van der Waals surface area contributed by atoms with Gasteiger partial charge in [0.15, 0.2) is 5.96 Å². The summed E-state index contributed by atoms with van der Waals surface area (Å²) in [4.78, 5) is 20.6. The Labute approximate surface area is 167 Å². The number of anilines is 1. The van der Waals surface area contributed by atoms with E-state index < -0.39 is 0 Å². The number of guanidine groups is 1. The van der Waals surface area contributed by atoms with Crippen molar-refractivity contribution >= 4 is 41.7 Å². The minimum atomic E-state index is -0.0761. The molecule has 0 radical (unpaired) electrons. The summed E-state index contributed by atoms with van der Waals surface area (Å²) < 4.78 is 5.28. The number of ether oxygens (including phenoxy) is 1. The zero-order chi connectivity index (χ0) is 17.6. The molecule has 3 N–H and O–H groups in total. The zero-order valence-electron chi connectivity index (χ0n) is 15.3. The minimum Gasteiger partial charge on any atom is -0.382 e. The van der Waals surface area contributed by atoms with E-state index in [0.29, 0.717) is 31.9 Å². The van der Waals surface area contributed by atoms with Crippen LogP contribution >= 0.6 is 24.0 Å². The molecule has 1 aromatic rings. The van der Waals surface area contributed by atoms with Gasteiger partial charge >= 0.3 is 0 Å². The maximum Gasteiger partial charge on any atom is 0.227 e. The first-order valence-electron chi connectivity index (χ1n) is 8.49. The third-order valence-corrected chi connectivity index (χ3v) is 3.07. The van der Waals surface area contributed by atoms with Crippen molar-refractivity contribution in [2.45, 2.75) is 33.6 Å². The largest absolute Gasteiger partial charge is 0.382 e. The average Bonchev–Trinajstić information content (AvgIpc) is 2.54. The molecule has 0 atom stereocenters. The Morgan fingerprint density at radius 3 is 2.76 bits per heavy atom. The number of carbonyl (C=O) groups is 1. The molecule has 1 heterocycles. The number of aliphatic imine (C=N–C) groups is 1. The molecule has 0 aliphatic carbocycles. The van der Waals surface area contributed by atoms with Crippen molar-refractivity contribution in [1.29, 1.82) is 0 Å². The molecule has 142 valence electrons. The Hall–Kier alpha value is -1.42. The van der Waals surface area contributed by atoms with Crippen LogP contribution in [0.5, 0.6) is 0 Å². The molecule has 0 bridgehead atoms. The van der Waals surface area contributed by atoms with Gasteiger partial charge in [-0.1, -0.05) is 6.07 Å². The van der Waals surface area contributed by atoms with Crippen LogP contribution in [-0.4, -0.2) is 49.7 Å². The topological polar surface area (TPSA) is 87.6 Å². The van der Waals surface area contributed by atoms with Gasteiger partial charge in [0.1, 0.15) is 5.82 Å². The van der Waals surface area contributed by atoms with Crippen LogP contribution in [0.2, 0.25) is 0 Å². The van der Waals surface area contributed by atoms with Gasteiger partial charge in [-0.05, 0) is 39.3 Å². The zero-order valence-corrected chi connectivity index (χ0v) is 17.6. The van der Waals surface area contributed by atoms with Gasteiger partial charge in [-0.25, -0.2) is 4.98 Å². The lowest BCUT2D eigenvalue weighted by molar-refractivity contribution is -0.116. The van der Waals surface area contributed by atoms with E-state index >= 15 is 0 Å². The number of aryl methyl sites for hydroxylation is 1. The van der Waals surface area contributed by atoms with E-state index in [9.17, 15) is 4.79 Å². The van der Waals surface area contributed by atoms with Gasteiger partial charge in [0, 0.05) is 45.0 Å². The maximum atomic E-state index is 11.9. The molecule has 0 spiro atoms. The monoisotopic (exact) mass is 463 g/mol.